The van der Waals surface area contributed by atoms with Crippen LogP contribution < -0.4 is 0 Å². The van der Waals surface area contributed by atoms with Crippen LogP contribution in [0.3, 0.4) is 0 Å². The van der Waals surface area contributed by atoms with Crippen molar-refractivity contribution in [3.63, 3.8) is 0 Å². The quantitative estimate of drug-likeness (QED) is 0.195. The van der Waals surface area contributed by atoms with E-state index in [0.717, 1.165) is 32.0 Å². The Balaban J connectivity index is 1.13. The van der Waals surface area contributed by atoms with E-state index in [0.29, 0.717) is 30.0 Å². The van der Waals surface area contributed by atoms with E-state index in [-0.39, 0.29) is 6.04 Å². The van der Waals surface area contributed by atoms with E-state index in [1.54, 1.807) is 12.7 Å². The minimum atomic E-state index is 0.219. The lowest BCUT2D eigenvalue weighted by Crippen LogP contribution is -2.49. The van der Waals surface area contributed by atoms with Crippen molar-refractivity contribution in [3.8, 4) is 5.82 Å². The first kappa shape index (κ1) is 24.0. The van der Waals surface area contributed by atoms with Crippen molar-refractivity contribution in [2.24, 2.45) is 5.16 Å². The van der Waals surface area contributed by atoms with Gasteiger partial charge in [0.15, 0.2) is 17.0 Å². The lowest BCUT2D eigenvalue weighted by Gasteiger charge is -2.39. The van der Waals surface area contributed by atoms with Crippen molar-refractivity contribution in [3.05, 3.63) is 109 Å². The summed E-state index contributed by atoms with van der Waals surface area (Å²) in [4.78, 5) is 18.3. The Morgan fingerprint density at radius 3 is 2.08 bits per heavy atom. The van der Waals surface area contributed by atoms with E-state index in [4.69, 9.17) is 0 Å². The van der Waals surface area contributed by atoms with Gasteiger partial charge in [0, 0.05) is 45.1 Å². The van der Waals surface area contributed by atoms with Gasteiger partial charge in [0.25, 0.3) is 0 Å². The molecule has 0 radical (unpaired) electrons. The maximum Gasteiger partial charge on any atom is 0.168 e. The van der Waals surface area contributed by atoms with Crippen molar-refractivity contribution in [2.75, 3.05) is 32.7 Å². The Morgan fingerprint density at radius 2 is 1.45 bits per heavy atom. The Kier molecular flexibility index (Phi) is 6.93. The molecule has 1 N–H and O–H groups in total. The number of fused-ring (bicyclic) bond motifs is 1. The molecule has 192 valence electrons. The zero-order valence-electron chi connectivity index (χ0n) is 21.1. The third kappa shape index (κ3) is 4.93. The second-order valence-electron chi connectivity index (χ2n) is 9.53. The maximum atomic E-state index is 9.85. The maximum absolute atomic E-state index is 9.85. The molecule has 1 saturated heterocycles. The first-order valence-electron chi connectivity index (χ1n) is 12.9. The van der Waals surface area contributed by atoms with Gasteiger partial charge < -0.3 is 14.3 Å². The van der Waals surface area contributed by atoms with E-state index in [1.165, 1.54) is 11.1 Å². The highest BCUT2D eigenvalue weighted by Gasteiger charge is 2.27. The normalized spacial score (nSPS) is 15.4. The Hall–Kier alpha value is -4.34. The van der Waals surface area contributed by atoms with Crippen molar-refractivity contribution in [2.45, 2.75) is 12.6 Å². The van der Waals surface area contributed by atoms with Gasteiger partial charge >= 0.3 is 0 Å². The molecule has 1 aliphatic rings. The molecule has 0 spiro atoms. The molecule has 0 saturated carbocycles. The molecule has 9 nitrogen and oxygen atoms in total. The van der Waals surface area contributed by atoms with Crippen LogP contribution >= 0.6 is 0 Å². The molecular weight excluding hydrogens is 476 g/mol. The third-order valence-electron chi connectivity index (χ3n) is 7.13. The average molecular weight is 507 g/mol. The summed E-state index contributed by atoms with van der Waals surface area (Å²) in [5.74, 6) is 0.726. The molecular formula is C29H30N8O. The van der Waals surface area contributed by atoms with Crippen molar-refractivity contribution in [1.29, 1.82) is 0 Å². The molecule has 9 heteroatoms. The topological polar surface area (TPSA) is 87.6 Å². The van der Waals surface area contributed by atoms with Crippen LogP contribution in [-0.2, 0) is 6.54 Å². The number of hydrogen-bond donors (Lipinski definition) is 1. The molecule has 0 aliphatic carbocycles. The number of imidazole rings is 1. The number of nitrogens with zero attached hydrogens (tertiary/aromatic N) is 8. The van der Waals surface area contributed by atoms with E-state index in [9.17, 15) is 5.21 Å². The number of rotatable bonds is 8. The van der Waals surface area contributed by atoms with Crippen LogP contribution in [0.2, 0.25) is 0 Å². The van der Waals surface area contributed by atoms with Crippen LogP contribution in [0.15, 0.2) is 103 Å². The summed E-state index contributed by atoms with van der Waals surface area (Å²) in [5, 5.41) is 13.5. The molecule has 1 fully saturated rings. The van der Waals surface area contributed by atoms with Gasteiger partial charge in [-0.2, -0.15) is 0 Å². The summed E-state index contributed by atoms with van der Waals surface area (Å²) in [5.41, 5.74) is 4.70. The van der Waals surface area contributed by atoms with Gasteiger partial charge in [-0.3, -0.25) is 9.80 Å². The van der Waals surface area contributed by atoms with E-state index >= 15 is 0 Å². The molecule has 0 unspecified atom stereocenters. The summed E-state index contributed by atoms with van der Waals surface area (Å²) < 4.78 is 3.83. The highest BCUT2D eigenvalue weighted by molar-refractivity contribution is 5.87. The van der Waals surface area contributed by atoms with Crippen molar-refractivity contribution in [1.82, 2.24) is 33.9 Å². The molecule has 38 heavy (non-hydrogen) atoms. The highest BCUT2D eigenvalue weighted by Crippen LogP contribution is 2.29. The lowest BCUT2D eigenvalue weighted by molar-refractivity contribution is 0.119. The van der Waals surface area contributed by atoms with Gasteiger partial charge in [-0.25, -0.2) is 15.0 Å². The standard InChI is InChI=1S/C29H30N8O/c38-33-25(20-37-22-32-26-28(30-21-31-29(26)37)36-13-7-8-14-36)19-34-15-17-35(18-16-34)27(23-9-3-1-4-10-23)24-11-5-2-6-12-24/h1-14,21-22,27,38H,15-20H2/b33-25+. The molecule has 3 aromatic heterocycles. The number of oxime groups is 1. The average Bonchev–Trinajstić information content (AvgIpc) is 3.66. The Bertz CT molecular complexity index is 1450. The molecule has 1 aliphatic heterocycles. The first-order chi connectivity index (χ1) is 18.8. The van der Waals surface area contributed by atoms with E-state index in [2.05, 4.69) is 90.6 Å². The third-order valence-corrected chi connectivity index (χ3v) is 7.13. The van der Waals surface area contributed by atoms with Crippen LogP contribution in [0.4, 0.5) is 0 Å². The van der Waals surface area contributed by atoms with Crippen LogP contribution in [0, 0.1) is 0 Å². The van der Waals surface area contributed by atoms with Gasteiger partial charge in [0.05, 0.1) is 24.6 Å². The van der Waals surface area contributed by atoms with Gasteiger partial charge in [0.1, 0.15) is 6.33 Å². The fourth-order valence-corrected chi connectivity index (χ4v) is 5.28. The Morgan fingerprint density at radius 1 is 0.789 bits per heavy atom. The minimum absolute atomic E-state index is 0.219. The molecule has 2 aromatic carbocycles. The van der Waals surface area contributed by atoms with E-state index in [1.807, 2.05) is 33.7 Å². The smallest absolute Gasteiger partial charge is 0.168 e. The van der Waals surface area contributed by atoms with Gasteiger partial charge in [-0.1, -0.05) is 65.8 Å². The fourth-order valence-electron chi connectivity index (χ4n) is 5.28. The Labute approximate surface area is 221 Å². The van der Waals surface area contributed by atoms with Crippen LogP contribution in [0.5, 0.6) is 0 Å². The largest absolute Gasteiger partial charge is 0.411 e. The van der Waals surface area contributed by atoms with E-state index < -0.39 is 0 Å². The molecule has 4 heterocycles. The fraction of sp³-hybridized carbons (Fsp3) is 0.241. The van der Waals surface area contributed by atoms with Gasteiger partial charge in [0.2, 0.25) is 0 Å². The van der Waals surface area contributed by atoms with Crippen LogP contribution in [0.25, 0.3) is 17.0 Å². The lowest BCUT2D eigenvalue weighted by atomic mass is 9.96. The predicted octanol–water partition coefficient (Wildman–Crippen LogP) is 3.85. The zero-order valence-corrected chi connectivity index (χ0v) is 21.1. The number of piperazine rings is 1. The highest BCUT2D eigenvalue weighted by atomic mass is 16.4. The SMILES string of the molecule is O/N=C(\CN1CCN(C(c2ccccc2)c2ccccc2)CC1)Cn1cnc2c(-n3cccc3)ncnc21. The summed E-state index contributed by atoms with van der Waals surface area (Å²) >= 11 is 0. The summed E-state index contributed by atoms with van der Waals surface area (Å²) in [6.07, 6.45) is 7.14. The van der Waals surface area contributed by atoms with Gasteiger partial charge in [-0.15, -0.1) is 0 Å². The monoisotopic (exact) mass is 506 g/mol. The second kappa shape index (κ2) is 11.0. The van der Waals surface area contributed by atoms with Gasteiger partial charge in [-0.05, 0) is 23.3 Å². The predicted molar refractivity (Wildman–Crippen MR) is 147 cm³/mol. The molecule has 6 rings (SSSR count). The minimum Gasteiger partial charge on any atom is -0.411 e. The van der Waals surface area contributed by atoms with Crippen LogP contribution in [-0.4, -0.2) is 77.5 Å². The molecule has 0 atom stereocenters. The second-order valence-corrected chi connectivity index (χ2v) is 9.53. The summed E-state index contributed by atoms with van der Waals surface area (Å²) in [6, 6.07) is 25.5. The first-order valence-corrected chi connectivity index (χ1v) is 12.9. The van der Waals surface area contributed by atoms with Crippen molar-refractivity contribution < 1.29 is 5.21 Å². The molecule has 5 aromatic rings. The molecule has 0 amide bonds. The van der Waals surface area contributed by atoms with Crippen molar-refractivity contribution >= 4 is 16.9 Å². The van der Waals surface area contributed by atoms with Crippen LogP contribution in [0.1, 0.15) is 17.2 Å². The number of hydrogen-bond acceptors (Lipinski definition) is 7. The number of benzene rings is 2. The summed E-state index contributed by atoms with van der Waals surface area (Å²) in [7, 11) is 0. The summed E-state index contributed by atoms with van der Waals surface area (Å²) in [6.45, 7) is 4.62. The molecule has 0 bridgehead atoms. The zero-order chi connectivity index (χ0) is 25.7. The number of aromatic nitrogens is 5.